The SMILES string of the molecule is CCc1nn(CC)c(CC(C)(O)c2ccc(C)s2)c1Br. The molecule has 1 atom stereocenters. The molecule has 0 radical (unpaired) electrons. The highest BCUT2D eigenvalue weighted by Crippen LogP contribution is 2.34. The van der Waals surface area contributed by atoms with Crippen LogP contribution in [-0.4, -0.2) is 14.9 Å². The summed E-state index contributed by atoms with van der Waals surface area (Å²) >= 11 is 5.29. The smallest absolute Gasteiger partial charge is 0.101 e. The number of rotatable bonds is 5. The van der Waals surface area contributed by atoms with Gasteiger partial charge in [-0.1, -0.05) is 6.92 Å². The molecule has 0 bridgehead atoms. The molecule has 2 aromatic heterocycles. The Labute approximate surface area is 132 Å². The molecular weight excluding hydrogens is 336 g/mol. The van der Waals surface area contributed by atoms with Crippen LogP contribution >= 0.6 is 27.3 Å². The van der Waals surface area contributed by atoms with E-state index < -0.39 is 5.60 Å². The van der Waals surface area contributed by atoms with E-state index in [1.807, 2.05) is 17.7 Å². The molecule has 3 nitrogen and oxygen atoms in total. The van der Waals surface area contributed by atoms with Gasteiger partial charge in [0, 0.05) is 22.7 Å². The zero-order valence-corrected chi connectivity index (χ0v) is 14.8. The predicted octanol–water partition coefficient (Wildman–Crippen LogP) is 4.05. The highest BCUT2D eigenvalue weighted by atomic mass is 79.9. The molecule has 0 amide bonds. The number of aryl methyl sites for hydroxylation is 3. The molecule has 1 unspecified atom stereocenters. The second kappa shape index (κ2) is 6.00. The molecule has 2 rings (SSSR count). The van der Waals surface area contributed by atoms with Gasteiger partial charge >= 0.3 is 0 Å². The standard InChI is InChI=1S/C15H21BrN2OS/c1-5-11-14(16)12(18(6-2)17-11)9-15(4,19)13-8-7-10(3)20-13/h7-8,19H,5-6,9H2,1-4H3. The Morgan fingerprint density at radius 2 is 2.10 bits per heavy atom. The topological polar surface area (TPSA) is 38.0 Å². The van der Waals surface area contributed by atoms with Gasteiger partial charge in [0.25, 0.3) is 0 Å². The fourth-order valence-corrected chi connectivity index (χ4v) is 3.94. The van der Waals surface area contributed by atoms with Crippen molar-refractivity contribution in [2.24, 2.45) is 0 Å². The van der Waals surface area contributed by atoms with E-state index in [1.54, 1.807) is 11.3 Å². The first-order valence-electron chi connectivity index (χ1n) is 6.92. The van der Waals surface area contributed by atoms with Crippen molar-refractivity contribution in [2.45, 2.75) is 52.7 Å². The van der Waals surface area contributed by atoms with Crippen LogP contribution in [0.5, 0.6) is 0 Å². The van der Waals surface area contributed by atoms with Crippen LogP contribution in [0.4, 0.5) is 0 Å². The summed E-state index contributed by atoms with van der Waals surface area (Å²) in [5.41, 5.74) is 1.26. The minimum atomic E-state index is -0.862. The van der Waals surface area contributed by atoms with Gasteiger partial charge in [-0.2, -0.15) is 5.10 Å². The Bertz CT molecular complexity index is 601. The number of aliphatic hydroxyl groups is 1. The highest BCUT2D eigenvalue weighted by Gasteiger charge is 2.29. The number of thiophene rings is 1. The third kappa shape index (κ3) is 3.00. The highest BCUT2D eigenvalue weighted by molar-refractivity contribution is 9.10. The van der Waals surface area contributed by atoms with Crippen LogP contribution in [0.1, 0.15) is 41.9 Å². The number of hydrogen-bond acceptors (Lipinski definition) is 3. The number of nitrogens with zero attached hydrogens (tertiary/aromatic N) is 2. The molecule has 0 aliphatic carbocycles. The van der Waals surface area contributed by atoms with Crippen molar-refractivity contribution in [1.29, 1.82) is 0 Å². The van der Waals surface area contributed by atoms with Crippen LogP contribution in [0.3, 0.4) is 0 Å². The van der Waals surface area contributed by atoms with Crippen molar-refractivity contribution in [2.75, 3.05) is 0 Å². The molecule has 0 spiro atoms. The van der Waals surface area contributed by atoms with Crippen molar-refractivity contribution in [1.82, 2.24) is 9.78 Å². The minimum Gasteiger partial charge on any atom is -0.384 e. The second-order valence-corrected chi connectivity index (χ2v) is 7.32. The maximum Gasteiger partial charge on any atom is 0.101 e. The van der Waals surface area contributed by atoms with Gasteiger partial charge in [-0.05, 0) is 55.3 Å². The molecule has 0 saturated carbocycles. The van der Waals surface area contributed by atoms with Gasteiger partial charge in [-0.3, -0.25) is 4.68 Å². The maximum absolute atomic E-state index is 10.8. The summed E-state index contributed by atoms with van der Waals surface area (Å²) in [5, 5.41) is 15.4. The van der Waals surface area contributed by atoms with Crippen molar-refractivity contribution in [3.63, 3.8) is 0 Å². The maximum atomic E-state index is 10.8. The van der Waals surface area contributed by atoms with Gasteiger partial charge in [-0.15, -0.1) is 11.3 Å². The number of halogens is 1. The summed E-state index contributed by atoms with van der Waals surface area (Å²) < 4.78 is 3.02. The Morgan fingerprint density at radius 1 is 1.40 bits per heavy atom. The molecule has 1 N–H and O–H groups in total. The number of aromatic nitrogens is 2. The van der Waals surface area contributed by atoms with Crippen molar-refractivity contribution >= 4 is 27.3 Å². The Morgan fingerprint density at radius 3 is 2.60 bits per heavy atom. The fourth-order valence-electron chi connectivity index (χ4n) is 2.32. The molecule has 0 saturated heterocycles. The summed E-state index contributed by atoms with van der Waals surface area (Å²) in [6, 6.07) is 4.07. The molecule has 2 heterocycles. The summed E-state index contributed by atoms with van der Waals surface area (Å²) in [6.45, 7) is 8.92. The van der Waals surface area contributed by atoms with E-state index >= 15 is 0 Å². The molecule has 20 heavy (non-hydrogen) atoms. The van der Waals surface area contributed by atoms with Crippen LogP contribution in [0, 0.1) is 6.92 Å². The fraction of sp³-hybridized carbons (Fsp3) is 0.533. The quantitative estimate of drug-likeness (QED) is 0.877. The van der Waals surface area contributed by atoms with E-state index in [0.717, 1.165) is 33.7 Å². The van der Waals surface area contributed by atoms with Crippen LogP contribution in [-0.2, 0) is 25.0 Å². The summed E-state index contributed by atoms with van der Waals surface area (Å²) in [5.74, 6) is 0. The molecule has 5 heteroatoms. The van der Waals surface area contributed by atoms with Gasteiger partial charge in [0.2, 0.25) is 0 Å². The van der Waals surface area contributed by atoms with E-state index in [9.17, 15) is 5.11 Å². The van der Waals surface area contributed by atoms with Crippen LogP contribution in [0.15, 0.2) is 16.6 Å². The summed E-state index contributed by atoms with van der Waals surface area (Å²) in [4.78, 5) is 2.22. The molecular formula is C15H21BrN2OS. The normalized spacial score (nSPS) is 14.5. The Balaban J connectivity index is 2.35. The molecule has 0 aliphatic heterocycles. The van der Waals surface area contributed by atoms with Crippen LogP contribution in [0.2, 0.25) is 0 Å². The monoisotopic (exact) mass is 356 g/mol. The zero-order chi connectivity index (χ0) is 14.9. The largest absolute Gasteiger partial charge is 0.384 e. The van der Waals surface area contributed by atoms with Crippen LogP contribution in [0.25, 0.3) is 0 Å². The van der Waals surface area contributed by atoms with Gasteiger partial charge in [0.05, 0.1) is 15.9 Å². The molecule has 0 aromatic carbocycles. The van der Waals surface area contributed by atoms with E-state index in [4.69, 9.17) is 0 Å². The van der Waals surface area contributed by atoms with Gasteiger partial charge in [0.1, 0.15) is 5.60 Å². The minimum absolute atomic E-state index is 0.564. The van der Waals surface area contributed by atoms with Gasteiger partial charge < -0.3 is 5.11 Å². The number of hydrogen-bond donors (Lipinski definition) is 1. The van der Waals surface area contributed by atoms with Gasteiger partial charge in [0.15, 0.2) is 0 Å². The predicted molar refractivity (Wildman–Crippen MR) is 87.3 cm³/mol. The second-order valence-electron chi connectivity index (χ2n) is 5.24. The first kappa shape index (κ1) is 15.7. The first-order valence-corrected chi connectivity index (χ1v) is 8.53. The lowest BCUT2D eigenvalue weighted by Crippen LogP contribution is -2.25. The molecule has 0 fully saturated rings. The average Bonchev–Trinajstić information content (AvgIpc) is 2.95. The van der Waals surface area contributed by atoms with E-state index in [0.29, 0.717) is 6.42 Å². The molecule has 110 valence electrons. The lowest BCUT2D eigenvalue weighted by atomic mass is 9.98. The average molecular weight is 357 g/mol. The van der Waals surface area contributed by atoms with Crippen molar-refractivity contribution in [3.05, 3.63) is 37.7 Å². The van der Waals surface area contributed by atoms with Gasteiger partial charge in [-0.25, -0.2) is 0 Å². The van der Waals surface area contributed by atoms with E-state index in [-0.39, 0.29) is 0 Å². The third-order valence-corrected chi connectivity index (χ3v) is 5.65. The summed E-state index contributed by atoms with van der Waals surface area (Å²) in [7, 11) is 0. The molecule has 0 aliphatic rings. The lowest BCUT2D eigenvalue weighted by molar-refractivity contribution is 0.0590. The van der Waals surface area contributed by atoms with E-state index in [1.165, 1.54) is 4.88 Å². The molecule has 2 aromatic rings. The Kier molecular flexibility index (Phi) is 4.72. The van der Waals surface area contributed by atoms with Crippen molar-refractivity contribution < 1.29 is 5.11 Å². The van der Waals surface area contributed by atoms with E-state index in [2.05, 4.69) is 47.9 Å². The third-order valence-electron chi connectivity index (χ3n) is 3.48. The first-order chi connectivity index (χ1) is 9.39. The summed E-state index contributed by atoms with van der Waals surface area (Å²) in [6.07, 6.45) is 1.45. The van der Waals surface area contributed by atoms with Crippen LogP contribution < -0.4 is 0 Å². The lowest BCUT2D eigenvalue weighted by Gasteiger charge is -2.22. The van der Waals surface area contributed by atoms with Crippen molar-refractivity contribution in [3.8, 4) is 0 Å². The zero-order valence-electron chi connectivity index (χ0n) is 12.4. The Hall–Kier alpha value is -0.650.